The molecule has 1 aliphatic rings. The van der Waals surface area contributed by atoms with Gasteiger partial charge >= 0.3 is 0 Å². The zero-order valence-electron chi connectivity index (χ0n) is 18.9. The minimum absolute atomic E-state index is 0.191. The van der Waals surface area contributed by atoms with Crippen LogP contribution in [0, 0.1) is 0 Å². The smallest absolute Gasteiger partial charge is 0.266 e. The Morgan fingerprint density at radius 1 is 0.611 bits per heavy atom. The number of fused-ring (bicyclic) bond motifs is 1. The Hall–Kier alpha value is -5.24. The van der Waals surface area contributed by atoms with Gasteiger partial charge in [0.05, 0.1) is 16.8 Å². The molecule has 0 unspecified atom stereocenters. The van der Waals surface area contributed by atoms with Crippen LogP contribution >= 0.6 is 0 Å². The molecule has 0 bridgehead atoms. The van der Waals surface area contributed by atoms with Crippen molar-refractivity contribution in [2.45, 2.75) is 0 Å². The minimum atomic E-state index is -0.500. The second-order valence-corrected chi connectivity index (χ2v) is 8.15. The fourth-order valence-electron chi connectivity index (χ4n) is 3.88. The molecule has 0 fully saturated rings. The first-order chi connectivity index (χ1) is 17.4. The molecule has 176 valence electrons. The van der Waals surface area contributed by atoms with Gasteiger partial charge in [-0.15, -0.1) is 0 Å². The lowest BCUT2D eigenvalue weighted by Gasteiger charge is -2.14. The summed E-state index contributed by atoms with van der Waals surface area (Å²) in [5.74, 6) is -1.60. The van der Waals surface area contributed by atoms with Gasteiger partial charge in [0.1, 0.15) is 0 Å². The zero-order chi connectivity index (χ0) is 25.2. The summed E-state index contributed by atoms with van der Waals surface area (Å²) in [5.41, 5.74) is 8.84. The lowest BCUT2D eigenvalue weighted by molar-refractivity contribution is 0.0923. The molecule has 1 aliphatic heterocycles. The number of nitrogen functional groups attached to an aromatic ring is 1. The van der Waals surface area contributed by atoms with Gasteiger partial charge in [-0.3, -0.25) is 19.2 Å². The van der Waals surface area contributed by atoms with Gasteiger partial charge in [-0.2, -0.15) is 0 Å². The van der Waals surface area contributed by atoms with E-state index in [1.807, 2.05) is 6.07 Å². The number of imide groups is 1. The summed E-state index contributed by atoms with van der Waals surface area (Å²) in [6.45, 7) is 0. The molecule has 5 rings (SSSR count). The molecule has 0 spiro atoms. The first-order valence-electron chi connectivity index (χ1n) is 11.1. The molecule has 1 heterocycles. The first kappa shape index (κ1) is 22.5. The van der Waals surface area contributed by atoms with Crippen LogP contribution in [-0.2, 0) is 0 Å². The highest BCUT2D eigenvalue weighted by molar-refractivity contribution is 6.34. The molecule has 0 saturated heterocycles. The number of benzene rings is 4. The van der Waals surface area contributed by atoms with Gasteiger partial charge < -0.3 is 16.4 Å². The largest absolute Gasteiger partial charge is 0.399 e. The molecule has 8 nitrogen and oxygen atoms in total. The Morgan fingerprint density at radius 3 is 1.83 bits per heavy atom. The van der Waals surface area contributed by atoms with E-state index in [-0.39, 0.29) is 22.9 Å². The van der Waals surface area contributed by atoms with Gasteiger partial charge in [0.15, 0.2) is 0 Å². The number of hydrogen-bond acceptors (Lipinski definition) is 5. The van der Waals surface area contributed by atoms with Crippen molar-refractivity contribution >= 4 is 46.4 Å². The monoisotopic (exact) mass is 476 g/mol. The fourth-order valence-corrected chi connectivity index (χ4v) is 3.88. The van der Waals surface area contributed by atoms with Crippen LogP contribution in [0.2, 0.25) is 0 Å². The topological polar surface area (TPSA) is 122 Å². The van der Waals surface area contributed by atoms with Crippen LogP contribution in [0.15, 0.2) is 97.1 Å². The quantitative estimate of drug-likeness (QED) is 0.288. The Bertz CT molecular complexity index is 1500. The van der Waals surface area contributed by atoms with Crippen molar-refractivity contribution in [1.29, 1.82) is 0 Å². The van der Waals surface area contributed by atoms with E-state index in [0.717, 1.165) is 4.90 Å². The summed E-state index contributed by atoms with van der Waals surface area (Å²) >= 11 is 0. The van der Waals surface area contributed by atoms with Crippen molar-refractivity contribution in [3.63, 3.8) is 0 Å². The van der Waals surface area contributed by atoms with Crippen LogP contribution in [0.5, 0.6) is 0 Å². The van der Waals surface area contributed by atoms with E-state index < -0.39 is 11.8 Å². The average Bonchev–Trinajstić information content (AvgIpc) is 3.14. The normalized spacial score (nSPS) is 12.3. The van der Waals surface area contributed by atoms with Gasteiger partial charge in [-0.05, 0) is 78.9 Å². The average molecular weight is 476 g/mol. The Balaban J connectivity index is 1.32. The van der Waals surface area contributed by atoms with Crippen LogP contribution in [0.25, 0.3) is 0 Å². The van der Waals surface area contributed by atoms with Crippen molar-refractivity contribution in [2.75, 3.05) is 21.3 Å². The van der Waals surface area contributed by atoms with Gasteiger partial charge in [-0.1, -0.05) is 18.2 Å². The lowest BCUT2D eigenvalue weighted by Crippen LogP contribution is -2.29. The Labute approximate surface area is 206 Å². The summed E-state index contributed by atoms with van der Waals surface area (Å²) in [6.07, 6.45) is 0. The van der Waals surface area contributed by atoms with Gasteiger partial charge in [0, 0.05) is 28.2 Å². The predicted octanol–water partition coefficient (Wildman–Crippen LogP) is 4.57. The van der Waals surface area contributed by atoms with Gasteiger partial charge in [0.2, 0.25) is 0 Å². The molecule has 0 atom stereocenters. The van der Waals surface area contributed by atoms with E-state index in [9.17, 15) is 19.2 Å². The van der Waals surface area contributed by atoms with Crippen molar-refractivity contribution < 1.29 is 19.2 Å². The second-order valence-electron chi connectivity index (χ2n) is 8.15. The molecule has 4 aromatic carbocycles. The van der Waals surface area contributed by atoms with E-state index in [4.69, 9.17) is 5.73 Å². The Morgan fingerprint density at radius 2 is 1.17 bits per heavy atom. The summed E-state index contributed by atoms with van der Waals surface area (Å²) in [4.78, 5) is 52.0. The number of carbonyl (C=O) groups excluding carboxylic acids is 4. The zero-order valence-corrected chi connectivity index (χ0v) is 18.9. The number of nitrogens with two attached hydrogens (primary N) is 1. The minimum Gasteiger partial charge on any atom is -0.399 e. The predicted molar refractivity (Wildman–Crippen MR) is 137 cm³/mol. The summed E-state index contributed by atoms with van der Waals surface area (Å²) in [5, 5.41) is 5.52. The molecule has 0 aromatic heterocycles. The van der Waals surface area contributed by atoms with E-state index in [1.54, 1.807) is 78.9 Å². The van der Waals surface area contributed by atoms with Crippen molar-refractivity contribution in [2.24, 2.45) is 0 Å². The number of amides is 4. The molecule has 0 radical (unpaired) electrons. The fraction of sp³-hybridized carbons (Fsp3) is 0. The standard InChI is InChI=1S/C28H20N4O4/c29-19-8-6-18(7-9-19)26(34)31-21-12-15-23-24(16-21)28(36)32(27(23)35)22-13-10-20(11-14-22)30-25(33)17-4-2-1-3-5-17/h1-16H,29H2,(H,30,33)(H,31,34). The van der Waals surface area contributed by atoms with Crippen LogP contribution < -0.4 is 21.3 Å². The third-order valence-corrected chi connectivity index (χ3v) is 5.74. The van der Waals surface area contributed by atoms with E-state index in [2.05, 4.69) is 10.6 Å². The van der Waals surface area contributed by atoms with Crippen LogP contribution in [-0.4, -0.2) is 23.6 Å². The van der Waals surface area contributed by atoms with Crippen molar-refractivity contribution in [3.05, 3.63) is 119 Å². The molecule has 4 N–H and O–H groups in total. The van der Waals surface area contributed by atoms with Crippen molar-refractivity contribution in [3.8, 4) is 0 Å². The maximum absolute atomic E-state index is 13.1. The van der Waals surface area contributed by atoms with E-state index >= 15 is 0 Å². The van der Waals surface area contributed by atoms with Gasteiger partial charge in [-0.25, -0.2) is 4.90 Å². The molecule has 0 saturated carbocycles. The van der Waals surface area contributed by atoms with Gasteiger partial charge in [0.25, 0.3) is 23.6 Å². The molecule has 8 heteroatoms. The molecular weight excluding hydrogens is 456 g/mol. The van der Waals surface area contributed by atoms with Crippen molar-refractivity contribution in [1.82, 2.24) is 0 Å². The third-order valence-electron chi connectivity index (χ3n) is 5.74. The SMILES string of the molecule is Nc1ccc(C(=O)Nc2ccc3c(c2)C(=O)N(c2ccc(NC(=O)c4ccccc4)cc2)C3=O)cc1. The number of hydrogen-bond donors (Lipinski definition) is 3. The number of rotatable bonds is 5. The summed E-state index contributed by atoms with van der Waals surface area (Å²) < 4.78 is 0. The summed E-state index contributed by atoms with van der Waals surface area (Å²) in [6, 6.07) is 26.2. The van der Waals surface area contributed by atoms with E-state index in [0.29, 0.717) is 33.9 Å². The lowest BCUT2D eigenvalue weighted by atomic mass is 10.1. The highest BCUT2D eigenvalue weighted by atomic mass is 16.2. The first-order valence-corrected chi connectivity index (χ1v) is 11.1. The molecule has 4 aromatic rings. The number of carbonyl (C=O) groups is 4. The highest BCUT2D eigenvalue weighted by Crippen LogP contribution is 2.31. The Kier molecular flexibility index (Phi) is 5.75. The molecule has 0 aliphatic carbocycles. The molecule has 4 amide bonds. The second kappa shape index (κ2) is 9.19. The maximum atomic E-state index is 13.1. The highest BCUT2D eigenvalue weighted by Gasteiger charge is 2.37. The molecular formula is C28H20N4O4. The van der Waals surface area contributed by atoms with E-state index in [1.165, 1.54) is 12.1 Å². The third kappa shape index (κ3) is 4.30. The number of nitrogens with zero attached hydrogens (tertiary/aromatic N) is 1. The number of anilines is 4. The number of nitrogens with one attached hydrogen (secondary N) is 2. The summed E-state index contributed by atoms with van der Waals surface area (Å²) in [7, 11) is 0. The van der Waals surface area contributed by atoms with Crippen LogP contribution in [0.1, 0.15) is 41.4 Å². The maximum Gasteiger partial charge on any atom is 0.266 e. The molecule has 36 heavy (non-hydrogen) atoms. The van der Waals surface area contributed by atoms with Crippen LogP contribution in [0.3, 0.4) is 0 Å². The van der Waals surface area contributed by atoms with Crippen LogP contribution in [0.4, 0.5) is 22.7 Å².